The summed E-state index contributed by atoms with van der Waals surface area (Å²) in [5.41, 5.74) is 0.961. The van der Waals surface area contributed by atoms with Crippen LogP contribution in [0.15, 0.2) is 53.5 Å². The number of rotatable bonds is 5. The molecule has 1 amide bonds. The summed E-state index contributed by atoms with van der Waals surface area (Å²) >= 11 is 13.1. The lowest BCUT2D eigenvalue weighted by molar-refractivity contribution is -0.119. The predicted molar refractivity (Wildman–Crippen MR) is 120 cm³/mol. The van der Waals surface area contributed by atoms with Crippen molar-refractivity contribution in [3.63, 3.8) is 0 Å². The van der Waals surface area contributed by atoms with Crippen LogP contribution in [-0.4, -0.2) is 53.8 Å². The molecule has 158 valence electrons. The Kier molecular flexibility index (Phi) is 6.29. The Balaban J connectivity index is 1.50. The molecule has 0 N–H and O–H groups in total. The van der Waals surface area contributed by atoms with Crippen molar-refractivity contribution < 1.29 is 17.9 Å². The van der Waals surface area contributed by atoms with Crippen molar-refractivity contribution in [1.29, 1.82) is 0 Å². The number of hydrogen-bond donors (Lipinski definition) is 0. The standard InChI is InChI=1S/C20H18Cl2N2O4S2/c21-14-3-1-13(2-4-14)9-24-17-11-30(26,27)12-18(17)29-20(24)23-19(25)10-28-16-7-5-15(22)6-8-16/h1-8,17-18H,9-12H2/t17-,18-/m0/s1. The van der Waals surface area contributed by atoms with Gasteiger partial charge in [0.2, 0.25) is 0 Å². The highest BCUT2D eigenvalue weighted by molar-refractivity contribution is 8.15. The first kappa shape index (κ1) is 21.5. The van der Waals surface area contributed by atoms with Crippen LogP contribution in [0.3, 0.4) is 0 Å². The second kappa shape index (κ2) is 8.78. The van der Waals surface area contributed by atoms with E-state index >= 15 is 0 Å². The van der Waals surface area contributed by atoms with Crippen LogP contribution in [-0.2, 0) is 21.2 Å². The molecule has 0 radical (unpaired) electrons. The molecule has 0 spiro atoms. The second-order valence-corrected chi connectivity index (χ2v) is 11.3. The van der Waals surface area contributed by atoms with E-state index in [4.69, 9.17) is 27.9 Å². The number of amides is 1. The minimum atomic E-state index is -3.10. The first-order valence-corrected chi connectivity index (χ1v) is 12.6. The molecule has 2 aromatic rings. The molecule has 0 saturated carbocycles. The second-order valence-electron chi connectivity index (χ2n) is 7.09. The molecule has 30 heavy (non-hydrogen) atoms. The minimum absolute atomic E-state index is 0.0622. The molecule has 2 aromatic carbocycles. The Morgan fingerprint density at radius 2 is 1.70 bits per heavy atom. The fourth-order valence-electron chi connectivity index (χ4n) is 3.42. The number of sulfone groups is 1. The van der Waals surface area contributed by atoms with Crippen molar-refractivity contribution in [2.24, 2.45) is 4.99 Å². The fourth-order valence-corrected chi connectivity index (χ4v) is 7.64. The zero-order valence-corrected chi connectivity index (χ0v) is 18.8. The summed E-state index contributed by atoms with van der Waals surface area (Å²) in [7, 11) is -3.10. The van der Waals surface area contributed by atoms with Gasteiger partial charge in [0.1, 0.15) is 5.75 Å². The molecule has 2 aliphatic rings. The number of nitrogens with zero attached hydrogens (tertiary/aromatic N) is 2. The van der Waals surface area contributed by atoms with E-state index in [1.54, 1.807) is 36.4 Å². The van der Waals surface area contributed by atoms with Crippen LogP contribution in [0.25, 0.3) is 0 Å². The van der Waals surface area contributed by atoms with E-state index in [9.17, 15) is 13.2 Å². The van der Waals surface area contributed by atoms with Crippen LogP contribution in [0.1, 0.15) is 5.56 Å². The van der Waals surface area contributed by atoms with Crippen molar-refractivity contribution in [3.05, 3.63) is 64.1 Å². The molecule has 2 saturated heterocycles. The molecule has 0 unspecified atom stereocenters. The van der Waals surface area contributed by atoms with Crippen LogP contribution in [0.2, 0.25) is 10.0 Å². The van der Waals surface area contributed by atoms with Crippen molar-refractivity contribution >= 4 is 55.9 Å². The van der Waals surface area contributed by atoms with Crippen LogP contribution >= 0.6 is 35.0 Å². The van der Waals surface area contributed by atoms with Gasteiger partial charge in [0.15, 0.2) is 21.6 Å². The minimum Gasteiger partial charge on any atom is -0.484 e. The smallest absolute Gasteiger partial charge is 0.285 e. The maximum atomic E-state index is 12.4. The molecule has 0 bridgehead atoms. The molecule has 4 rings (SSSR count). The molecule has 2 aliphatic heterocycles. The largest absolute Gasteiger partial charge is 0.484 e. The quantitative estimate of drug-likeness (QED) is 0.644. The van der Waals surface area contributed by atoms with Crippen molar-refractivity contribution in [2.75, 3.05) is 18.1 Å². The Morgan fingerprint density at radius 1 is 1.07 bits per heavy atom. The highest BCUT2D eigenvalue weighted by Crippen LogP contribution is 2.39. The summed E-state index contributed by atoms with van der Waals surface area (Å²) in [6.07, 6.45) is 0. The molecule has 10 heteroatoms. The first-order valence-electron chi connectivity index (χ1n) is 9.17. The van der Waals surface area contributed by atoms with Gasteiger partial charge in [-0.2, -0.15) is 4.99 Å². The summed E-state index contributed by atoms with van der Waals surface area (Å²) in [4.78, 5) is 18.5. The Labute approximate surface area is 189 Å². The lowest BCUT2D eigenvalue weighted by Crippen LogP contribution is -2.37. The molecule has 0 aromatic heterocycles. The molecular weight excluding hydrogens is 467 g/mol. The summed E-state index contributed by atoms with van der Waals surface area (Å²) in [6, 6.07) is 13.8. The zero-order valence-electron chi connectivity index (χ0n) is 15.7. The number of carbonyl (C=O) groups is 1. The Morgan fingerprint density at radius 3 is 2.37 bits per heavy atom. The van der Waals surface area contributed by atoms with Crippen molar-refractivity contribution in [1.82, 2.24) is 4.90 Å². The normalized spacial score (nSPS) is 23.5. The van der Waals surface area contributed by atoms with Gasteiger partial charge in [0.25, 0.3) is 5.91 Å². The third-order valence-electron chi connectivity index (χ3n) is 4.84. The van der Waals surface area contributed by atoms with Crippen LogP contribution < -0.4 is 4.74 Å². The molecule has 6 nitrogen and oxygen atoms in total. The van der Waals surface area contributed by atoms with Gasteiger partial charge in [0.05, 0.1) is 17.5 Å². The fraction of sp³-hybridized carbons (Fsp3) is 0.300. The number of carbonyl (C=O) groups excluding carboxylic acids is 1. The third-order valence-corrected chi connectivity index (χ3v) is 8.59. The van der Waals surface area contributed by atoms with Crippen LogP contribution in [0, 0.1) is 0 Å². The number of amidine groups is 1. The first-order chi connectivity index (χ1) is 14.3. The number of hydrogen-bond acceptors (Lipinski definition) is 5. The van der Waals surface area contributed by atoms with Crippen LogP contribution in [0.4, 0.5) is 0 Å². The van der Waals surface area contributed by atoms with E-state index in [1.807, 2.05) is 17.0 Å². The van der Waals surface area contributed by atoms with Gasteiger partial charge in [-0.15, -0.1) is 0 Å². The molecule has 0 aliphatic carbocycles. The Bertz CT molecular complexity index is 1070. The van der Waals surface area contributed by atoms with E-state index in [2.05, 4.69) is 4.99 Å². The van der Waals surface area contributed by atoms with Crippen LogP contribution in [0.5, 0.6) is 5.75 Å². The van der Waals surface area contributed by atoms with Crippen molar-refractivity contribution in [2.45, 2.75) is 17.8 Å². The SMILES string of the molecule is O=C(COc1ccc(Cl)cc1)N=C1S[C@H]2CS(=O)(=O)C[C@@H]2N1Cc1ccc(Cl)cc1. The topological polar surface area (TPSA) is 76.0 Å². The maximum Gasteiger partial charge on any atom is 0.285 e. The van der Waals surface area contributed by atoms with Gasteiger partial charge >= 0.3 is 0 Å². The molecule has 2 fully saturated rings. The third kappa shape index (κ3) is 5.11. The lowest BCUT2D eigenvalue weighted by atomic mass is 10.1. The number of benzene rings is 2. The Hall–Kier alpha value is -1.74. The van der Waals surface area contributed by atoms with Gasteiger partial charge in [-0.3, -0.25) is 4.79 Å². The van der Waals surface area contributed by atoms with E-state index in [0.29, 0.717) is 27.5 Å². The van der Waals surface area contributed by atoms with E-state index < -0.39 is 15.7 Å². The summed E-state index contributed by atoms with van der Waals surface area (Å²) in [5, 5.41) is 1.60. The van der Waals surface area contributed by atoms with Gasteiger partial charge in [0, 0.05) is 21.8 Å². The molecular formula is C20H18Cl2N2O4S2. The summed E-state index contributed by atoms with van der Waals surface area (Å²) in [5.74, 6) is 0.241. The average Bonchev–Trinajstić information content (AvgIpc) is 3.15. The monoisotopic (exact) mass is 484 g/mol. The number of ether oxygens (including phenoxy) is 1. The number of thioether (sulfide) groups is 1. The predicted octanol–water partition coefficient (Wildman–Crippen LogP) is 3.67. The maximum absolute atomic E-state index is 12.4. The molecule has 2 atom stereocenters. The highest BCUT2D eigenvalue weighted by Gasteiger charge is 2.48. The van der Waals surface area contributed by atoms with E-state index in [1.165, 1.54) is 11.8 Å². The van der Waals surface area contributed by atoms with Gasteiger partial charge in [-0.25, -0.2) is 8.42 Å². The lowest BCUT2D eigenvalue weighted by Gasteiger charge is -2.24. The van der Waals surface area contributed by atoms with Gasteiger partial charge < -0.3 is 9.64 Å². The van der Waals surface area contributed by atoms with Gasteiger partial charge in [-0.1, -0.05) is 47.1 Å². The van der Waals surface area contributed by atoms with E-state index in [0.717, 1.165) is 5.56 Å². The zero-order chi connectivity index (χ0) is 21.3. The highest BCUT2D eigenvalue weighted by atomic mass is 35.5. The number of halogens is 2. The average molecular weight is 485 g/mol. The number of fused-ring (bicyclic) bond motifs is 1. The van der Waals surface area contributed by atoms with Crippen molar-refractivity contribution in [3.8, 4) is 5.75 Å². The molecule has 2 heterocycles. The summed E-state index contributed by atoms with van der Waals surface area (Å²) < 4.78 is 29.7. The van der Waals surface area contributed by atoms with E-state index in [-0.39, 0.29) is 29.4 Å². The van der Waals surface area contributed by atoms with Gasteiger partial charge in [-0.05, 0) is 42.0 Å². The summed E-state index contributed by atoms with van der Waals surface area (Å²) in [6.45, 7) is 0.235. The number of aliphatic imine (C=N–C) groups is 1.